The monoisotopic (exact) mass is 351 g/mol. The number of benzene rings is 2. The van der Waals surface area contributed by atoms with Gasteiger partial charge in [0.25, 0.3) is 5.91 Å². The van der Waals surface area contributed by atoms with Crippen LogP contribution in [-0.4, -0.2) is 23.0 Å². The van der Waals surface area contributed by atoms with E-state index in [4.69, 9.17) is 5.11 Å². The third-order valence-corrected chi connectivity index (χ3v) is 3.98. The van der Waals surface area contributed by atoms with Crippen LogP contribution in [-0.2, 0) is 9.59 Å². The van der Waals surface area contributed by atoms with Crippen molar-refractivity contribution in [1.29, 1.82) is 0 Å². The summed E-state index contributed by atoms with van der Waals surface area (Å²) < 4.78 is 13.2. The normalized spacial score (nSPS) is 14.4. The predicted octanol–water partition coefficient (Wildman–Crippen LogP) is 3.74. The topological polar surface area (TPSA) is 66.4 Å². The maximum Gasteiger partial charge on any atom is 0.328 e. The molecule has 2 N–H and O–H groups in total. The molecule has 1 aliphatic rings. The van der Waals surface area contributed by atoms with E-state index in [0.29, 0.717) is 11.1 Å². The first kappa shape index (κ1) is 17.6. The van der Waals surface area contributed by atoms with Crippen molar-refractivity contribution in [3.05, 3.63) is 77.1 Å². The Morgan fingerprint density at radius 1 is 1.00 bits per heavy atom. The Balaban J connectivity index is 1.88. The molecule has 132 valence electrons. The number of hydrogen-bond donors (Lipinski definition) is 2. The van der Waals surface area contributed by atoms with Crippen LogP contribution in [0, 0.1) is 5.82 Å². The summed E-state index contributed by atoms with van der Waals surface area (Å²) in [6.45, 7) is 0. The lowest BCUT2D eigenvalue weighted by atomic mass is 10.0. The number of halogens is 1. The molecule has 0 spiro atoms. The van der Waals surface area contributed by atoms with Gasteiger partial charge in [0.1, 0.15) is 5.82 Å². The standard InChI is InChI=1S/C21H18FNO3/c22-17-8-6-16(7-9-17)19(21(26)23-18-10-11-18)13-15-3-1-14(2-4-15)5-12-20(24)25/h1-9,12-13,18H,10-11H2,(H,23,26)(H,24,25)/b12-5+,19-13-. The van der Waals surface area contributed by atoms with Gasteiger partial charge >= 0.3 is 5.97 Å². The third-order valence-electron chi connectivity index (χ3n) is 3.98. The van der Waals surface area contributed by atoms with Gasteiger partial charge in [-0.1, -0.05) is 36.4 Å². The summed E-state index contributed by atoms with van der Waals surface area (Å²) in [5.74, 6) is -1.55. The van der Waals surface area contributed by atoms with Gasteiger partial charge in [0, 0.05) is 17.7 Å². The highest BCUT2D eigenvalue weighted by molar-refractivity contribution is 6.24. The molecule has 2 aromatic rings. The first-order valence-electron chi connectivity index (χ1n) is 8.31. The molecule has 1 fully saturated rings. The number of aliphatic carboxylic acids is 1. The number of hydrogen-bond acceptors (Lipinski definition) is 2. The summed E-state index contributed by atoms with van der Waals surface area (Å²) in [5, 5.41) is 11.6. The lowest BCUT2D eigenvalue weighted by Gasteiger charge is -2.09. The highest BCUT2D eigenvalue weighted by Crippen LogP contribution is 2.24. The lowest BCUT2D eigenvalue weighted by Crippen LogP contribution is -2.26. The molecule has 0 unspecified atom stereocenters. The summed E-state index contributed by atoms with van der Waals surface area (Å²) in [6.07, 6.45) is 6.27. The number of carbonyl (C=O) groups is 2. The average Bonchev–Trinajstić information content (AvgIpc) is 3.43. The van der Waals surface area contributed by atoms with Crippen molar-refractivity contribution >= 4 is 29.6 Å². The van der Waals surface area contributed by atoms with Gasteiger partial charge in [0.05, 0.1) is 0 Å². The number of rotatable bonds is 6. The van der Waals surface area contributed by atoms with Crippen LogP contribution in [0.2, 0.25) is 0 Å². The molecular weight excluding hydrogens is 333 g/mol. The zero-order valence-corrected chi connectivity index (χ0v) is 14.0. The Morgan fingerprint density at radius 3 is 2.19 bits per heavy atom. The molecule has 0 aromatic heterocycles. The lowest BCUT2D eigenvalue weighted by molar-refractivity contribution is -0.131. The summed E-state index contributed by atoms with van der Waals surface area (Å²) in [5.41, 5.74) is 2.64. The quantitative estimate of drug-likeness (QED) is 0.615. The van der Waals surface area contributed by atoms with Gasteiger partial charge in [-0.3, -0.25) is 4.79 Å². The van der Waals surface area contributed by atoms with E-state index in [1.165, 1.54) is 18.2 Å². The Bertz CT molecular complexity index is 863. The molecule has 0 aliphatic heterocycles. The first-order chi connectivity index (χ1) is 12.5. The summed E-state index contributed by atoms with van der Waals surface area (Å²) in [6, 6.07) is 13.2. The van der Waals surface area contributed by atoms with E-state index in [1.807, 2.05) is 0 Å². The second-order valence-corrected chi connectivity index (χ2v) is 6.15. The molecule has 0 bridgehead atoms. The second kappa shape index (κ2) is 7.78. The van der Waals surface area contributed by atoms with Gasteiger partial charge in [-0.2, -0.15) is 0 Å². The number of carboxylic acid groups (broad SMARTS) is 1. The van der Waals surface area contributed by atoms with Crippen molar-refractivity contribution in [2.45, 2.75) is 18.9 Å². The Kier molecular flexibility index (Phi) is 5.27. The number of nitrogens with one attached hydrogen (secondary N) is 1. The minimum Gasteiger partial charge on any atom is -0.478 e. The van der Waals surface area contributed by atoms with Gasteiger partial charge in [0.2, 0.25) is 0 Å². The molecule has 0 saturated heterocycles. The van der Waals surface area contributed by atoms with Crippen LogP contribution in [0.15, 0.2) is 54.6 Å². The number of carboxylic acids is 1. The van der Waals surface area contributed by atoms with Crippen LogP contribution in [0.1, 0.15) is 29.5 Å². The zero-order chi connectivity index (χ0) is 18.5. The largest absolute Gasteiger partial charge is 0.478 e. The van der Waals surface area contributed by atoms with Crippen molar-refractivity contribution in [3.63, 3.8) is 0 Å². The highest BCUT2D eigenvalue weighted by Gasteiger charge is 2.25. The summed E-state index contributed by atoms with van der Waals surface area (Å²) in [7, 11) is 0. The third kappa shape index (κ3) is 4.89. The Hall–Kier alpha value is -3.21. The Morgan fingerprint density at radius 2 is 1.62 bits per heavy atom. The molecule has 1 aliphatic carbocycles. The molecule has 0 heterocycles. The van der Waals surface area contributed by atoms with Crippen LogP contribution in [0.25, 0.3) is 17.7 Å². The molecule has 4 nitrogen and oxygen atoms in total. The summed E-state index contributed by atoms with van der Waals surface area (Å²) >= 11 is 0. The van der Waals surface area contributed by atoms with Crippen LogP contribution in [0.5, 0.6) is 0 Å². The number of carbonyl (C=O) groups excluding carboxylic acids is 1. The van der Waals surface area contributed by atoms with E-state index in [2.05, 4.69) is 5.32 Å². The van der Waals surface area contributed by atoms with E-state index in [0.717, 1.165) is 30.0 Å². The van der Waals surface area contributed by atoms with Crippen molar-refractivity contribution in [2.75, 3.05) is 0 Å². The van der Waals surface area contributed by atoms with Crippen LogP contribution in [0.4, 0.5) is 4.39 Å². The van der Waals surface area contributed by atoms with Crippen LogP contribution in [0.3, 0.4) is 0 Å². The average molecular weight is 351 g/mol. The molecule has 1 saturated carbocycles. The van der Waals surface area contributed by atoms with Crippen molar-refractivity contribution in [3.8, 4) is 0 Å². The maximum atomic E-state index is 13.2. The van der Waals surface area contributed by atoms with Crippen LogP contribution < -0.4 is 5.32 Å². The predicted molar refractivity (Wildman–Crippen MR) is 98.5 cm³/mol. The van der Waals surface area contributed by atoms with Gasteiger partial charge in [0.15, 0.2) is 0 Å². The minimum atomic E-state index is -1.01. The number of amides is 1. The molecule has 0 radical (unpaired) electrons. The molecule has 1 amide bonds. The Labute approximate surface area is 150 Å². The van der Waals surface area contributed by atoms with Crippen molar-refractivity contribution < 1.29 is 19.1 Å². The fraction of sp³-hybridized carbons (Fsp3) is 0.143. The van der Waals surface area contributed by atoms with E-state index in [-0.39, 0.29) is 17.8 Å². The smallest absolute Gasteiger partial charge is 0.328 e. The van der Waals surface area contributed by atoms with E-state index < -0.39 is 5.97 Å². The van der Waals surface area contributed by atoms with E-state index >= 15 is 0 Å². The SMILES string of the molecule is O=C(O)/C=C/c1ccc(/C=C(\C(=O)NC2CC2)c2ccc(F)cc2)cc1. The van der Waals surface area contributed by atoms with Crippen LogP contribution >= 0.6 is 0 Å². The van der Waals surface area contributed by atoms with Gasteiger partial charge in [-0.25, -0.2) is 9.18 Å². The molecule has 0 atom stereocenters. The zero-order valence-electron chi connectivity index (χ0n) is 14.0. The summed E-state index contributed by atoms with van der Waals surface area (Å²) in [4.78, 5) is 23.1. The second-order valence-electron chi connectivity index (χ2n) is 6.15. The van der Waals surface area contributed by atoms with Crippen molar-refractivity contribution in [1.82, 2.24) is 5.32 Å². The van der Waals surface area contributed by atoms with Gasteiger partial charge < -0.3 is 10.4 Å². The first-order valence-corrected chi connectivity index (χ1v) is 8.31. The molecular formula is C21H18FNO3. The molecule has 3 rings (SSSR count). The minimum absolute atomic E-state index is 0.186. The molecule has 26 heavy (non-hydrogen) atoms. The molecule has 2 aromatic carbocycles. The maximum absolute atomic E-state index is 13.2. The van der Waals surface area contributed by atoms with E-state index in [1.54, 1.807) is 42.5 Å². The van der Waals surface area contributed by atoms with E-state index in [9.17, 15) is 14.0 Å². The highest BCUT2D eigenvalue weighted by atomic mass is 19.1. The fourth-order valence-electron chi connectivity index (χ4n) is 2.44. The van der Waals surface area contributed by atoms with Gasteiger partial charge in [-0.15, -0.1) is 0 Å². The van der Waals surface area contributed by atoms with Gasteiger partial charge in [-0.05, 0) is 53.8 Å². The van der Waals surface area contributed by atoms with Crippen molar-refractivity contribution in [2.24, 2.45) is 0 Å². The molecule has 5 heteroatoms. The fourth-order valence-corrected chi connectivity index (χ4v) is 2.44.